The standard InChI is InChI=1S/C16H9Br2NO2/c17-13-7-10(8-14(18)16(13)21)6-12(9-19)15(20)11-4-2-1-3-5-11/h1-8,21H/b12-6+. The summed E-state index contributed by atoms with van der Waals surface area (Å²) < 4.78 is 0.958. The summed E-state index contributed by atoms with van der Waals surface area (Å²) in [5.41, 5.74) is 1.13. The number of carbonyl (C=O) groups is 1. The Hall–Kier alpha value is -1.90. The zero-order valence-electron chi connectivity index (χ0n) is 10.7. The number of phenolic OH excluding ortho intramolecular Hbond substituents is 1. The molecule has 0 spiro atoms. The molecule has 1 N–H and O–H groups in total. The highest BCUT2D eigenvalue weighted by molar-refractivity contribution is 9.11. The molecule has 0 aromatic heterocycles. The van der Waals surface area contributed by atoms with Gasteiger partial charge in [-0.1, -0.05) is 30.3 Å². The van der Waals surface area contributed by atoms with Gasteiger partial charge in [-0.3, -0.25) is 4.79 Å². The van der Waals surface area contributed by atoms with E-state index in [0.29, 0.717) is 20.1 Å². The molecule has 0 radical (unpaired) electrons. The molecule has 104 valence electrons. The van der Waals surface area contributed by atoms with Crippen LogP contribution in [-0.4, -0.2) is 10.9 Å². The first-order valence-corrected chi connectivity index (χ1v) is 7.51. The molecule has 2 rings (SSSR count). The number of aromatic hydroxyl groups is 1. The molecule has 0 bridgehead atoms. The maximum absolute atomic E-state index is 12.3. The highest BCUT2D eigenvalue weighted by Gasteiger charge is 2.12. The molecule has 0 atom stereocenters. The average molecular weight is 407 g/mol. The number of phenols is 1. The van der Waals surface area contributed by atoms with Gasteiger partial charge in [0, 0.05) is 5.56 Å². The molecular weight excluding hydrogens is 398 g/mol. The number of nitrogens with zero attached hydrogens (tertiary/aromatic N) is 1. The number of benzene rings is 2. The SMILES string of the molecule is N#C/C(=C\c1cc(Br)c(O)c(Br)c1)C(=O)c1ccccc1. The summed E-state index contributed by atoms with van der Waals surface area (Å²) in [5.74, 6) is -0.265. The average Bonchev–Trinajstić information content (AvgIpc) is 2.50. The number of hydrogen-bond acceptors (Lipinski definition) is 3. The monoisotopic (exact) mass is 405 g/mol. The van der Waals surface area contributed by atoms with Crippen molar-refractivity contribution in [3.8, 4) is 11.8 Å². The van der Waals surface area contributed by atoms with E-state index in [9.17, 15) is 15.2 Å². The van der Waals surface area contributed by atoms with Crippen molar-refractivity contribution in [3.63, 3.8) is 0 Å². The van der Waals surface area contributed by atoms with E-state index in [2.05, 4.69) is 31.9 Å². The molecule has 3 nitrogen and oxygen atoms in total. The molecule has 0 heterocycles. The van der Waals surface area contributed by atoms with Crippen LogP contribution in [0.5, 0.6) is 5.75 Å². The highest BCUT2D eigenvalue weighted by Crippen LogP contribution is 2.34. The number of carbonyl (C=O) groups excluding carboxylic acids is 1. The number of Topliss-reactive ketones (excluding diaryl/α,β-unsaturated/α-hetero) is 1. The summed E-state index contributed by atoms with van der Waals surface area (Å²) in [6.07, 6.45) is 1.49. The van der Waals surface area contributed by atoms with Crippen LogP contribution in [0.2, 0.25) is 0 Å². The number of halogens is 2. The minimum absolute atomic E-state index is 0.0330. The lowest BCUT2D eigenvalue weighted by Crippen LogP contribution is -2.01. The maximum atomic E-state index is 12.3. The molecule has 0 aliphatic carbocycles. The normalized spacial score (nSPS) is 11.0. The van der Waals surface area contributed by atoms with Crippen LogP contribution in [0.3, 0.4) is 0 Å². The fourth-order valence-corrected chi connectivity index (χ4v) is 2.95. The fourth-order valence-electron chi connectivity index (χ4n) is 1.73. The molecule has 0 fully saturated rings. The highest BCUT2D eigenvalue weighted by atomic mass is 79.9. The van der Waals surface area contributed by atoms with Crippen molar-refractivity contribution in [1.29, 1.82) is 5.26 Å². The number of nitriles is 1. The van der Waals surface area contributed by atoms with Gasteiger partial charge in [0.1, 0.15) is 17.4 Å². The van der Waals surface area contributed by atoms with Gasteiger partial charge in [0.05, 0.1) is 8.95 Å². The third kappa shape index (κ3) is 3.60. The number of ketones is 1. The summed E-state index contributed by atoms with van der Waals surface area (Å²) in [4.78, 5) is 12.3. The second-order valence-electron chi connectivity index (χ2n) is 4.20. The van der Waals surface area contributed by atoms with Gasteiger partial charge in [-0.15, -0.1) is 0 Å². The lowest BCUT2D eigenvalue weighted by atomic mass is 10.0. The van der Waals surface area contributed by atoms with Gasteiger partial charge in [0.15, 0.2) is 0 Å². The molecule has 0 aliphatic rings. The van der Waals surface area contributed by atoms with E-state index < -0.39 is 0 Å². The molecule has 2 aromatic rings. The van der Waals surface area contributed by atoms with Crippen molar-refractivity contribution >= 4 is 43.7 Å². The van der Waals surface area contributed by atoms with Gasteiger partial charge < -0.3 is 5.11 Å². The van der Waals surface area contributed by atoms with E-state index in [1.165, 1.54) is 6.08 Å². The van der Waals surface area contributed by atoms with E-state index in [1.807, 2.05) is 6.07 Å². The van der Waals surface area contributed by atoms with E-state index in [1.54, 1.807) is 42.5 Å². The number of allylic oxidation sites excluding steroid dienone is 1. The van der Waals surface area contributed by atoms with Crippen LogP contribution in [0.25, 0.3) is 6.08 Å². The summed E-state index contributed by atoms with van der Waals surface area (Å²) in [6.45, 7) is 0. The molecule has 0 amide bonds. The first kappa shape index (κ1) is 15.5. The largest absolute Gasteiger partial charge is 0.506 e. The molecule has 21 heavy (non-hydrogen) atoms. The number of rotatable bonds is 3. The van der Waals surface area contributed by atoms with Crippen molar-refractivity contribution in [1.82, 2.24) is 0 Å². The zero-order valence-corrected chi connectivity index (χ0v) is 13.8. The zero-order chi connectivity index (χ0) is 15.4. The third-order valence-electron chi connectivity index (χ3n) is 2.75. The van der Waals surface area contributed by atoms with Crippen LogP contribution in [0.1, 0.15) is 15.9 Å². The molecule has 5 heteroatoms. The molecule has 0 saturated carbocycles. The Morgan fingerprint density at radius 3 is 2.24 bits per heavy atom. The molecule has 0 unspecified atom stereocenters. The van der Waals surface area contributed by atoms with Gasteiger partial charge in [-0.05, 0) is 55.6 Å². The van der Waals surface area contributed by atoms with Gasteiger partial charge in [-0.2, -0.15) is 5.26 Å². The summed E-state index contributed by atoms with van der Waals surface area (Å²) in [7, 11) is 0. The Morgan fingerprint density at radius 1 is 1.14 bits per heavy atom. The van der Waals surface area contributed by atoms with Gasteiger partial charge in [0.2, 0.25) is 5.78 Å². The number of hydrogen-bond donors (Lipinski definition) is 1. The van der Waals surface area contributed by atoms with Crippen molar-refractivity contribution in [2.45, 2.75) is 0 Å². The Labute approximate surface area is 138 Å². The van der Waals surface area contributed by atoms with Crippen molar-refractivity contribution in [3.05, 3.63) is 68.1 Å². The molecule has 2 aromatic carbocycles. The lowest BCUT2D eigenvalue weighted by Gasteiger charge is -2.03. The van der Waals surface area contributed by atoms with E-state index in [0.717, 1.165) is 0 Å². The molecular formula is C16H9Br2NO2. The first-order valence-electron chi connectivity index (χ1n) is 5.92. The van der Waals surface area contributed by atoms with Crippen LogP contribution in [0, 0.1) is 11.3 Å². The summed E-state index contributed by atoms with van der Waals surface area (Å²) >= 11 is 6.43. The van der Waals surface area contributed by atoms with Crippen molar-refractivity contribution in [2.75, 3.05) is 0 Å². The Kier molecular flexibility index (Phi) is 4.94. The topological polar surface area (TPSA) is 61.1 Å². The maximum Gasteiger partial charge on any atom is 0.203 e. The molecule has 0 saturated heterocycles. The fraction of sp³-hybridized carbons (Fsp3) is 0. The van der Waals surface area contributed by atoms with Crippen LogP contribution < -0.4 is 0 Å². The first-order chi connectivity index (χ1) is 10.0. The third-order valence-corrected chi connectivity index (χ3v) is 3.96. The Bertz CT molecular complexity index is 739. The van der Waals surface area contributed by atoms with Crippen molar-refractivity contribution < 1.29 is 9.90 Å². The molecule has 0 aliphatic heterocycles. The van der Waals surface area contributed by atoms with Crippen LogP contribution >= 0.6 is 31.9 Å². The lowest BCUT2D eigenvalue weighted by molar-refractivity contribution is 0.104. The summed E-state index contributed by atoms with van der Waals surface area (Å²) in [5, 5.41) is 18.9. The van der Waals surface area contributed by atoms with Crippen LogP contribution in [0.15, 0.2) is 57.0 Å². The minimum atomic E-state index is -0.335. The summed E-state index contributed by atoms with van der Waals surface area (Å²) in [6, 6.07) is 13.8. The predicted octanol–water partition coefficient (Wildman–Crippen LogP) is 4.71. The van der Waals surface area contributed by atoms with Gasteiger partial charge >= 0.3 is 0 Å². The Morgan fingerprint density at radius 2 is 1.71 bits per heavy atom. The van der Waals surface area contributed by atoms with Gasteiger partial charge in [-0.25, -0.2) is 0 Å². The second-order valence-corrected chi connectivity index (χ2v) is 5.91. The van der Waals surface area contributed by atoms with Gasteiger partial charge in [0.25, 0.3) is 0 Å². The van der Waals surface area contributed by atoms with E-state index in [4.69, 9.17) is 0 Å². The smallest absolute Gasteiger partial charge is 0.203 e. The van der Waals surface area contributed by atoms with E-state index >= 15 is 0 Å². The Balaban J connectivity index is 2.43. The second kappa shape index (κ2) is 6.70. The predicted molar refractivity (Wildman–Crippen MR) is 87.9 cm³/mol. The van der Waals surface area contributed by atoms with Crippen molar-refractivity contribution in [2.24, 2.45) is 0 Å². The minimum Gasteiger partial charge on any atom is -0.506 e. The quantitative estimate of drug-likeness (QED) is 0.456. The van der Waals surface area contributed by atoms with Crippen LogP contribution in [-0.2, 0) is 0 Å². The van der Waals surface area contributed by atoms with E-state index in [-0.39, 0.29) is 17.1 Å². The van der Waals surface area contributed by atoms with Crippen LogP contribution in [0.4, 0.5) is 0 Å².